The summed E-state index contributed by atoms with van der Waals surface area (Å²) >= 11 is 23.7. The third-order valence-electron chi connectivity index (χ3n) is 3.32. The Kier molecular flexibility index (Phi) is 8.97. The Morgan fingerprint density at radius 1 is 1.03 bits per heavy atom. The Hall–Kier alpha value is -1.59. The van der Waals surface area contributed by atoms with E-state index in [9.17, 15) is 0 Å². The van der Waals surface area contributed by atoms with Gasteiger partial charge in [-0.25, -0.2) is 0 Å². The highest BCUT2D eigenvalue weighted by Gasteiger charge is 2.12. The van der Waals surface area contributed by atoms with Gasteiger partial charge >= 0.3 is 0 Å². The first-order chi connectivity index (χ1) is 13.6. The van der Waals surface area contributed by atoms with Gasteiger partial charge in [0.05, 0.1) is 16.3 Å². The Labute approximate surface area is 190 Å². The van der Waals surface area contributed by atoms with Crippen molar-refractivity contribution in [3.05, 3.63) is 68.1 Å². The Balaban J connectivity index is 2.02. The molecule has 0 aromatic heterocycles. The van der Waals surface area contributed by atoms with Gasteiger partial charge in [-0.2, -0.15) is 0 Å². The van der Waals surface area contributed by atoms with Gasteiger partial charge < -0.3 is 14.3 Å². The van der Waals surface area contributed by atoms with E-state index in [1.807, 2.05) is 45.0 Å². The molecule has 2 rings (SSSR count). The molecule has 29 heavy (non-hydrogen) atoms. The summed E-state index contributed by atoms with van der Waals surface area (Å²) in [5.41, 5.74) is 1.48. The van der Waals surface area contributed by atoms with Crippen LogP contribution in [0.3, 0.4) is 0 Å². The SMILES string of the molecule is CC(C)(C)ON=Cc1cccc(COc2c(Cl)cc(OCC=C(Cl)Cl)cc2Cl)c1. The molecule has 0 aliphatic rings. The lowest BCUT2D eigenvalue weighted by molar-refractivity contribution is 0.00199. The van der Waals surface area contributed by atoms with Crippen molar-refractivity contribution in [2.24, 2.45) is 5.16 Å². The lowest BCUT2D eigenvalue weighted by Crippen LogP contribution is -2.15. The maximum Gasteiger partial charge on any atom is 0.157 e. The summed E-state index contributed by atoms with van der Waals surface area (Å²) in [5, 5.41) is 4.68. The Bertz CT molecular complexity index is 865. The monoisotopic (exact) mass is 475 g/mol. The van der Waals surface area contributed by atoms with Crippen molar-refractivity contribution >= 4 is 52.6 Å². The fourth-order valence-corrected chi connectivity index (χ4v) is 2.82. The number of ether oxygens (including phenoxy) is 2. The average molecular weight is 477 g/mol. The molecular weight excluding hydrogens is 456 g/mol. The molecule has 156 valence electrons. The first-order valence-corrected chi connectivity index (χ1v) is 10.2. The Morgan fingerprint density at radius 2 is 1.72 bits per heavy atom. The number of halogens is 4. The van der Waals surface area contributed by atoms with Crippen LogP contribution in [0.2, 0.25) is 10.0 Å². The van der Waals surface area contributed by atoms with Gasteiger partial charge in [-0.3, -0.25) is 0 Å². The lowest BCUT2D eigenvalue weighted by Gasteiger charge is -2.15. The number of benzene rings is 2. The lowest BCUT2D eigenvalue weighted by atomic mass is 10.1. The van der Waals surface area contributed by atoms with Gasteiger partial charge in [-0.15, -0.1) is 0 Å². The average Bonchev–Trinajstić information content (AvgIpc) is 2.60. The maximum absolute atomic E-state index is 6.29. The van der Waals surface area contributed by atoms with E-state index in [0.717, 1.165) is 11.1 Å². The fourth-order valence-electron chi connectivity index (χ4n) is 2.12. The van der Waals surface area contributed by atoms with Gasteiger partial charge in [0.15, 0.2) is 5.75 Å². The van der Waals surface area contributed by atoms with Crippen molar-refractivity contribution in [1.29, 1.82) is 0 Å². The summed E-state index contributed by atoms with van der Waals surface area (Å²) in [6, 6.07) is 10.9. The first-order valence-electron chi connectivity index (χ1n) is 8.70. The minimum atomic E-state index is -0.340. The zero-order valence-electron chi connectivity index (χ0n) is 16.2. The van der Waals surface area contributed by atoms with Crippen LogP contribution in [0.4, 0.5) is 0 Å². The number of hydrogen-bond acceptors (Lipinski definition) is 4. The van der Waals surface area contributed by atoms with Crippen molar-refractivity contribution in [2.75, 3.05) is 6.61 Å². The minimum absolute atomic E-state index is 0.124. The molecule has 2 aromatic rings. The molecule has 0 unspecified atom stereocenters. The normalized spacial score (nSPS) is 11.4. The van der Waals surface area contributed by atoms with Crippen molar-refractivity contribution in [1.82, 2.24) is 0 Å². The summed E-state index contributed by atoms with van der Waals surface area (Å²) in [6.07, 6.45) is 3.17. The molecule has 0 N–H and O–H groups in total. The van der Waals surface area contributed by atoms with Gasteiger partial charge in [0.2, 0.25) is 0 Å². The van der Waals surface area contributed by atoms with Gasteiger partial charge in [-0.05, 0) is 44.0 Å². The van der Waals surface area contributed by atoms with E-state index < -0.39 is 0 Å². The predicted octanol–water partition coefficient (Wildman–Crippen LogP) is 7.42. The molecule has 2 aromatic carbocycles. The number of nitrogens with zero attached hydrogens (tertiary/aromatic N) is 1. The third kappa shape index (κ3) is 8.75. The van der Waals surface area contributed by atoms with Crippen LogP contribution >= 0.6 is 46.4 Å². The fraction of sp³-hybridized carbons (Fsp3) is 0.286. The smallest absolute Gasteiger partial charge is 0.157 e. The van der Waals surface area contributed by atoms with Crippen molar-refractivity contribution in [2.45, 2.75) is 33.0 Å². The molecule has 0 radical (unpaired) electrons. The second-order valence-electron chi connectivity index (χ2n) is 6.99. The standard InChI is InChI=1S/C21H21Cl4NO3/c1-21(2,3)29-26-12-14-5-4-6-15(9-14)13-28-20-17(22)10-16(11-18(20)23)27-8-7-19(24)25/h4-7,9-12H,8,13H2,1-3H3. The molecule has 0 bridgehead atoms. The molecule has 0 aliphatic carbocycles. The summed E-state index contributed by atoms with van der Waals surface area (Å²) in [7, 11) is 0. The van der Waals surface area contributed by atoms with Crippen molar-refractivity contribution < 1.29 is 14.3 Å². The molecule has 0 saturated carbocycles. The second kappa shape index (κ2) is 11.0. The van der Waals surface area contributed by atoms with Crippen LogP contribution in [0.15, 0.2) is 52.1 Å². The van der Waals surface area contributed by atoms with Gasteiger partial charge in [0, 0.05) is 12.1 Å². The van der Waals surface area contributed by atoms with Crippen LogP contribution in [0.25, 0.3) is 0 Å². The van der Waals surface area contributed by atoms with Crippen LogP contribution in [0.5, 0.6) is 11.5 Å². The van der Waals surface area contributed by atoms with Crippen LogP contribution in [0, 0.1) is 0 Å². The molecule has 0 heterocycles. The summed E-state index contributed by atoms with van der Waals surface area (Å²) in [6.45, 7) is 6.28. The van der Waals surface area contributed by atoms with E-state index >= 15 is 0 Å². The quantitative estimate of drug-likeness (QED) is 0.294. The largest absolute Gasteiger partial charge is 0.489 e. The number of rotatable bonds is 8. The summed E-state index contributed by atoms with van der Waals surface area (Å²) in [4.78, 5) is 5.36. The van der Waals surface area contributed by atoms with E-state index in [1.54, 1.807) is 18.3 Å². The molecule has 8 heteroatoms. The van der Waals surface area contributed by atoms with Crippen LogP contribution in [0.1, 0.15) is 31.9 Å². The van der Waals surface area contributed by atoms with E-state index in [1.165, 1.54) is 6.08 Å². The van der Waals surface area contributed by atoms with Crippen LogP contribution in [-0.2, 0) is 11.4 Å². The van der Waals surface area contributed by atoms with E-state index in [2.05, 4.69) is 5.16 Å². The van der Waals surface area contributed by atoms with Gasteiger partial charge in [0.25, 0.3) is 0 Å². The number of oxime groups is 1. The molecule has 0 saturated heterocycles. The topological polar surface area (TPSA) is 40.0 Å². The highest BCUT2D eigenvalue weighted by molar-refractivity contribution is 6.55. The van der Waals surface area contributed by atoms with E-state index in [4.69, 9.17) is 60.7 Å². The molecule has 0 fully saturated rings. The zero-order chi connectivity index (χ0) is 21.4. The summed E-state index contributed by atoms with van der Waals surface area (Å²) in [5.74, 6) is 0.858. The molecule has 4 nitrogen and oxygen atoms in total. The maximum atomic E-state index is 6.29. The van der Waals surface area contributed by atoms with Crippen LogP contribution < -0.4 is 9.47 Å². The molecule has 0 atom stereocenters. The minimum Gasteiger partial charge on any atom is -0.489 e. The predicted molar refractivity (Wildman–Crippen MR) is 121 cm³/mol. The van der Waals surface area contributed by atoms with E-state index in [0.29, 0.717) is 21.5 Å². The molecule has 0 amide bonds. The highest BCUT2D eigenvalue weighted by Crippen LogP contribution is 2.37. The molecular formula is C21H21Cl4NO3. The third-order valence-corrected chi connectivity index (χ3v) is 4.19. The molecule has 0 aliphatic heterocycles. The second-order valence-corrected chi connectivity index (χ2v) is 8.81. The van der Waals surface area contributed by atoms with Gasteiger partial charge in [0.1, 0.15) is 29.1 Å². The zero-order valence-corrected chi connectivity index (χ0v) is 19.2. The number of hydrogen-bond donors (Lipinski definition) is 0. The van der Waals surface area contributed by atoms with E-state index in [-0.39, 0.29) is 23.3 Å². The van der Waals surface area contributed by atoms with Crippen molar-refractivity contribution in [3.63, 3.8) is 0 Å². The van der Waals surface area contributed by atoms with Crippen molar-refractivity contribution in [3.8, 4) is 11.5 Å². The van der Waals surface area contributed by atoms with Crippen LogP contribution in [-0.4, -0.2) is 18.4 Å². The summed E-state index contributed by atoms with van der Waals surface area (Å²) < 4.78 is 11.4. The Morgan fingerprint density at radius 3 is 2.34 bits per heavy atom. The highest BCUT2D eigenvalue weighted by atomic mass is 35.5. The van der Waals surface area contributed by atoms with Gasteiger partial charge in [-0.1, -0.05) is 69.8 Å². The molecule has 0 spiro atoms. The first kappa shape index (κ1) is 23.7.